The SMILES string of the molecule is COc1ccc(-c2nc3ccccc3s2)cc1NC(=O)c1ccc(C)c(Cl)c1. The second-order valence-electron chi connectivity index (χ2n) is 6.32. The maximum absolute atomic E-state index is 12.7. The lowest BCUT2D eigenvalue weighted by Gasteiger charge is -2.12. The van der Waals surface area contributed by atoms with Crippen molar-refractivity contribution in [2.45, 2.75) is 6.92 Å². The van der Waals surface area contributed by atoms with E-state index in [1.807, 2.05) is 55.5 Å². The summed E-state index contributed by atoms with van der Waals surface area (Å²) in [6, 6.07) is 18.9. The summed E-state index contributed by atoms with van der Waals surface area (Å²) in [7, 11) is 1.57. The van der Waals surface area contributed by atoms with Crippen molar-refractivity contribution in [3.05, 3.63) is 76.8 Å². The van der Waals surface area contributed by atoms with Crippen LogP contribution in [0.1, 0.15) is 15.9 Å². The van der Waals surface area contributed by atoms with Crippen molar-refractivity contribution in [3.63, 3.8) is 0 Å². The zero-order valence-electron chi connectivity index (χ0n) is 15.3. The number of fused-ring (bicyclic) bond motifs is 1. The van der Waals surface area contributed by atoms with Crippen molar-refractivity contribution in [1.29, 1.82) is 0 Å². The molecule has 0 saturated carbocycles. The van der Waals surface area contributed by atoms with Gasteiger partial charge in [0.15, 0.2) is 0 Å². The van der Waals surface area contributed by atoms with E-state index in [2.05, 4.69) is 10.3 Å². The Morgan fingerprint density at radius 3 is 2.68 bits per heavy atom. The van der Waals surface area contributed by atoms with Crippen LogP contribution in [0.2, 0.25) is 5.02 Å². The third kappa shape index (κ3) is 3.59. The number of para-hydroxylation sites is 1. The number of benzene rings is 3. The number of thiazole rings is 1. The van der Waals surface area contributed by atoms with Crippen molar-refractivity contribution in [1.82, 2.24) is 4.98 Å². The molecule has 0 atom stereocenters. The fourth-order valence-corrected chi connectivity index (χ4v) is 4.01. The Kier molecular flexibility index (Phi) is 5.03. The highest BCUT2D eigenvalue weighted by atomic mass is 35.5. The summed E-state index contributed by atoms with van der Waals surface area (Å²) >= 11 is 7.76. The van der Waals surface area contributed by atoms with Gasteiger partial charge < -0.3 is 10.1 Å². The molecule has 1 heterocycles. The van der Waals surface area contributed by atoms with E-state index in [4.69, 9.17) is 16.3 Å². The molecule has 0 aliphatic carbocycles. The highest BCUT2D eigenvalue weighted by Gasteiger charge is 2.14. The zero-order valence-corrected chi connectivity index (χ0v) is 16.9. The van der Waals surface area contributed by atoms with Gasteiger partial charge in [0.2, 0.25) is 0 Å². The molecule has 0 unspecified atom stereocenters. The molecule has 0 saturated heterocycles. The normalized spacial score (nSPS) is 10.8. The smallest absolute Gasteiger partial charge is 0.255 e. The average Bonchev–Trinajstić information content (AvgIpc) is 3.14. The number of rotatable bonds is 4. The van der Waals surface area contributed by atoms with Crippen LogP contribution in [-0.2, 0) is 0 Å². The van der Waals surface area contributed by atoms with Gasteiger partial charge in [0, 0.05) is 16.1 Å². The number of amides is 1. The van der Waals surface area contributed by atoms with Crippen LogP contribution < -0.4 is 10.1 Å². The Bertz CT molecular complexity index is 1150. The van der Waals surface area contributed by atoms with Crippen LogP contribution in [0.25, 0.3) is 20.8 Å². The van der Waals surface area contributed by atoms with Gasteiger partial charge in [0.05, 0.1) is 23.0 Å². The number of nitrogens with one attached hydrogen (secondary N) is 1. The largest absolute Gasteiger partial charge is 0.495 e. The minimum Gasteiger partial charge on any atom is -0.495 e. The third-order valence-corrected chi connectivity index (χ3v) is 5.92. The number of anilines is 1. The summed E-state index contributed by atoms with van der Waals surface area (Å²) < 4.78 is 6.54. The molecule has 4 aromatic rings. The van der Waals surface area contributed by atoms with Gasteiger partial charge in [-0.25, -0.2) is 4.98 Å². The number of aryl methyl sites for hydroxylation is 1. The van der Waals surface area contributed by atoms with Gasteiger partial charge in [-0.2, -0.15) is 0 Å². The predicted octanol–water partition coefficient (Wildman–Crippen LogP) is 6.19. The molecular formula is C22H17ClN2O2S. The minimum absolute atomic E-state index is 0.248. The number of carbonyl (C=O) groups is 1. The van der Waals surface area contributed by atoms with Crippen molar-refractivity contribution in [3.8, 4) is 16.3 Å². The fraction of sp³-hybridized carbons (Fsp3) is 0.0909. The van der Waals surface area contributed by atoms with Crippen LogP contribution in [0, 0.1) is 6.92 Å². The van der Waals surface area contributed by atoms with Crippen molar-refractivity contribution < 1.29 is 9.53 Å². The van der Waals surface area contributed by atoms with Crippen LogP contribution in [0.5, 0.6) is 5.75 Å². The zero-order chi connectivity index (χ0) is 19.7. The third-order valence-electron chi connectivity index (χ3n) is 4.42. The summed E-state index contributed by atoms with van der Waals surface area (Å²) in [5, 5.41) is 4.37. The topological polar surface area (TPSA) is 51.2 Å². The molecule has 140 valence electrons. The van der Waals surface area contributed by atoms with E-state index >= 15 is 0 Å². The summed E-state index contributed by atoms with van der Waals surface area (Å²) in [4.78, 5) is 17.4. The second kappa shape index (κ2) is 7.62. The first kappa shape index (κ1) is 18.5. The Balaban J connectivity index is 1.68. The Morgan fingerprint density at radius 2 is 1.93 bits per heavy atom. The van der Waals surface area contributed by atoms with Crippen LogP contribution in [0.15, 0.2) is 60.7 Å². The molecule has 0 aliphatic rings. The van der Waals surface area contributed by atoms with Gasteiger partial charge in [-0.3, -0.25) is 4.79 Å². The molecule has 6 heteroatoms. The Morgan fingerprint density at radius 1 is 1.11 bits per heavy atom. The molecule has 28 heavy (non-hydrogen) atoms. The number of nitrogens with zero attached hydrogens (tertiary/aromatic N) is 1. The molecule has 1 N–H and O–H groups in total. The lowest BCUT2D eigenvalue weighted by molar-refractivity contribution is 0.102. The monoisotopic (exact) mass is 408 g/mol. The molecule has 0 radical (unpaired) electrons. The van der Waals surface area contributed by atoms with Gasteiger partial charge in [-0.05, 0) is 55.0 Å². The first-order valence-corrected chi connectivity index (χ1v) is 9.86. The van der Waals surface area contributed by atoms with Crippen molar-refractivity contribution in [2.24, 2.45) is 0 Å². The van der Waals surface area contributed by atoms with E-state index < -0.39 is 0 Å². The van der Waals surface area contributed by atoms with Gasteiger partial charge in [-0.1, -0.05) is 29.8 Å². The maximum atomic E-state index is 12.7. The molecule has 3 aromatic carbocycles. The number of aromatic nitrogens is 1. The number of halogens is 1. The molecular weight excluding hydrogens is 392 g/mol. The van der Waals surface area contributed by atoms with Crippen LogP contribution in [-0.4, -0.2) is 18.0 Å². The molecule has 1 amide bonds. The van der Waals surface area contributed by atoms with E-state index in [0.29, 0.717) is 22.0 Å². The standard InChI is InChI=1S/C22H17ClN2O2S/c1-13-7-8-14(11-16(13)23)21(26)24-18-12-15(9-10-19(18)27-2)22-25-17-5-3-4-6-20(17)28-22/h3-12H,1-2H3,(H,24,26). The maximum Gasteiger partial charge on any atom is 0.255 e. The van der Waals surface area contributed by atoms with E-state index in [1.165, 1.54) is 0 Å². The summed E-state index contributed by atoms with van der Waals surface area (Å²) in [5.41, 5.74) is 3.87. The quantitative estimate of drug-likeness (QED) is 0.438. The number of methoxy groups -OCH3 is 1. The molecule has 4 rings (SSSR count). The Hall–Kier alpha value is -2.89. The van der Waals surface area contributed by atoms with Gasteiger partial charge >= 0.3 is 0 Å². The first-order valence-electron chi connectivity index (χ1n) is 8.66. The minimum atomic E-state index is -0.248. The first-order chi connectivity index (χ1) is 13.5. The number of hydrogen-bond donors (Lipinski definition) is 1. The van der Waals surface area contributed by atoms with Crippen LogP contribution >= 0.6 is 22.9 Å². The summed E-state index contributed by atoms with van der Waals surface area (Å²) in [5.74, 6) is 0.332. The highest BCUT2D eigenvalue weighted by Crippen LogP contribution is 2.35. The average molecular weight is 409 g/mol. The van der Waals surface area contributed by atoms with E-state index in [0.717, 1.165) is 26.4 Å². The number of carbonyl (C=O) groups excluding carboxylic acids is 1. The summed E-state index contributed by atoms with van der Waals surface area (Å²) in [6.07, 6.45) is 0. The molecule has 4 nitrogen and oxygen atoms in total. The molecule has 0 spiro atoms. The second-order valence-corrected chi connectivity index (χ2v) is 7.76. The van der Waals surface area contributed by atoms with Crippen molar-refractivity contribution >= 4 is 44.7 Å². The number of hydrogen-bond acceptors (Lipinski definition) is 4. The van der Waals surface area contributed by atoms with Gasteiger partial charge in [0.25, 0.3) is 5.91 Å². The van der Waals surface area contributed by atoms with Gasteiger partial charge in [-0.15, -0.1) is 11.3 Å². The van der Waals surface area contributed by atoms with E-state index in [1.54, 1.807) is 30.6 Å². The predicted molar refractivity (Wildman–Crippen MR) is 116 cm³/mol. The van der Waals surface area contributed by atoms with Crippen LogP contribution in [0.3, 0.4) is 0 Å². The van der Waals surface area contributed by atoms with Crippen LogP contribution in [0.4, 0.5) is 5.69 Å². The van der Waals surface area contributed by atoms with E-state index in [-0.39, 0.29) is 5.91 Å². The molecule has 0 bridgehead atoms. The number of ether oxygens (including phenoxy) is 1. The van der Waals surface area contributed by atoms with E-state index in [9.17, 15) is 4.79 Å². The lowest BCUT2D eigenvalue weighted by atomic mass is 10.1. The fourth-order valence-electron chi connectivity index (χ4n) is 2.86. The van der Waals surface area contributed by atoms with Gasteiger partial charge in [0.1, 0.15) is 10.8 Å². The Labute approximate surface area is 171 Å². The van der Waals surface area contributed by atoms with Crippen molar-refractivity contribution in [2.75, 3.05) is 12.4 Å². The highest BCUT2D eigenvalue weighted by molar-refractivity contribution is 7.21. The lowest BCUT2D eigenvalue weighted by Crippen LogP contribution is -2.12. The molecule has 0 fully saturated rings. The molecule has 1 aromatic heterocycles. The molecule has 0 aliphatic heterocycles. The summed E-state index contributed by atoms with van der Waals surface area (Å²) in [6.45, 7) is 1.90.